The summed E-state index contributed by atoms with van der Waals surface area (Å²) in [6.07, 6.45) is 5.51. The summed E-state index contributed by atoms with van der Waals surface area (Å²) in [5.41, 5.74) is 5.60. The van der Waals surface area contributed by atoms with Crippen molar-refractivity contribution in [2.45, 2.75) is 44.8 Å². The van der Waals surface area contributed by atoms with E-state index >= 15 is 0 Å². The molecule has 0 atom stereocenters. The van der Waals surface area contributed by atoms with Crippen LogP contribution in [0.2, 0.25) is 0 Å². The smallest absolute Gasteiger partial charge is 0.273 e. The van der Waals surface area contributed by atoms with Crippen molar-refractivity contribution in [2.24, 2.45) is 5.92 Å². The van der Waals surface area contributed by atoms with Crippen LogP contribution in [-0.4, -0.2) is 92.8 Å². The number of nitrogens with one attached hydrogen (secondary N) is 3. The third-order valence-corrected chi connectivity index (χ3v) is 9.54. The van der Waals surface area contributed by atoms with Crippen LogP contribution in [0.1, 0.15) is 66.8 Å². The molecule has 14 nitrogen and oxygen atoms in total. The average Bonchev–Trinajstić information content (AvgIpc) is 3.67. The highest BCUT2D eigenvalue weighted by atomic mass is 16.2. The minimum absolute atomic E-state index is 0.0123. The summed E-state index contributed by atoms with van der Waals surface area (Å²) < 4.78 is 19.9. The molecule has 0 radical (unpaired) electrons. The highest BCUT2D eigenvalue weighted by Gasteiger charge is 2.35. The molecule has 2 saturated heterocycles. The number of rotatable bonds is 9. The number of nitrogens with zero attached hydrogens (tertiary/aromatic N) is 8. The van der Waals surface area contributed by atoms with Crippen LogP contribution in [-0.2, 0) is 17.8 Å². The molecule has 3 amide bonds. The molecule has 4 aliphatic rings. The van der Waals surface area contributed by atoms with Crippen LogP contribution < -0.4 is 20.9 Å². The Hall–Kier alpha value is -5.37. The van der Waals surface area contributed by atoms with Gasteiger partial charge in [0, 0.05) is 72.6 Å². The van der Waals surface area contributed by atoms with Gasteiger partial charge in [-0.15, -0.1) is 10.2 Å². The second kappa shape index (κ2) is 12.6. The summed E-state index contributed by atoms with van der Waals surface area (Å²) in [4.78, 5) is 48.2. The van der Waals surface area contributed by atoms with E-state index in [1.165, 1.54) is 7.05 Å². The Morgan fingerprint density at radius 2 is 1.80 bits per heavy atom. The first-order valence-electron chi connectivity index (χ1n) is 17.7. The van der Waals surface area contributed by atoms with E-state index in [1.807, 2.05) is 36.1 Å². The van der Waals surface area contributed by atoms with Crippen LogP contribution in [0.25, 0.3) is 11.1 Å². The van der Waals surface area contributed by atoms with Gasteiger partial charge in [0.25, 0.3) is 11.8 Å². The number of pyridine rings is 1. The molecule has 252 valence electrons. The molecule has 1 aliphatic carbocycles. The first kappa shape index (κ1) is 28.6. The van der Waals surface area contributed by atoms with Gasteiger partial charge in [-0.2, -0.15) is 5.10 Å². The summed E-state index contributed by atoms with van der Waals surface area (Å²) in [5, 5.41) is 21.8. The van der Waals surface area contributed by atoms with E-state index in [-0.39, 0.29) is 46.7 Å². The maximum atomic E-state index is 12.9. The molecule has 49 heavy (non-hydrogen) atoms. The Kier molecular flexibility index (Phi) is 7.35. The van der Waals surface area contributed by atoms with E-state index in [0.29, 0.717) is 38.4 Å². The van der Waals surface area contributed by atoms with Crippen molar-refractivity contribution in [3.63, 3.8) is 0 Å². The first-order valence-corrected chi connectivity index (χ1v) is 16.7. The fourth-order valence-corrected chi connectivity index (χ4v) is 6.78. The van der Waals surface area contributed by atoms with Gasteiger partial charge in [-0.05, 0) is 43.9 Å². The van der Waals surface area contributed by atoms with Crippen LogP contribution in [0.15, 0.2) is 48.7 Å². The molecule has 6 heterocycles. The average molecular weight is 664 g/mol. The Bertz CT molecular complexity index is 2040. The number of aromatic nitrogens is 5. The van der Waals surface area contributed by atoms with Crippen LogP contribution in [0, 0.1) is 5.92 Å². The molecule has 4 aromatic rings. The maximum Gasteiger partial charge on any atom is 0.273 e. The predicted octanol–water partition coefficient (Wildman–Crippen LogP) is 3.43. The quantitative estimate of drug-likeness (QED) is 0.243. The first-order chi connectivity index (χ1) is 24.6. The zero-order valence-corrected chi connectivity index (χ0v) is 27.4. The lowest BCUT2D eigenvalue weighted by Gasteiger charge is -2.40. The Morgan fingerprint density at radius 1 is 1.00 bits per heavy atom. The summed E-state index contributed by atoms with van der Waals surface area (Å²) in [7, 11) is 3.51. The fourth-order valence-electron chi connectivity index (χ4n) is 6.78. The molecule has 1 aromatic carbocycles. The van der Waals surface area contributed by atoms with Crippen molar-refractivity contribution in [3.8, 4) is 11.1 Å². The SMILES string of the molecule is [2H]C([2H])(c1cccc(C(=O)N2CCCC2)n1)N1CC(n2ncc3c2CN(C)c2c(Nc4cc(NC(=O)C5CC5)nnc4C(=O)NC)cccc2-3)C1. The van der Waals surface area contributed by atoms with Gasteiger partial charge in [0.2, 0.25) is 5.91 Å². The molecule has 0 bridgehead atoms. The lowest BCUT2D eigenvalue weighted by Crippen LogP contribution is -2.48. The van der Waals surface area contributed by atoms with E-state index < -0.39 is 12.4 Å². The van der Waals surface area contributed by atoms with Gasteiger partial charge in [-0.1, -0.05) is 18.2 Å². The van der Waals surface area contributed by atoms with Crippen LogP contribution >= 0.6 is 0 Å². The molecular formula is C35H39N11O3. The van der Waals surface area contributed by atoms with Gasteiger partial charge in [0.15, 0.2) is 11.5 Å². The Balaban J connectivity index is 1.02. The zero-order chi connectivity index (χ0) is 35.4. The summed E-state index contributed by atoms with van der Waals surface area (Å²) in [6, 6.07) is 12.5. The van der Waals surface area contributed by atoms with Crippen LogP contribution in [0.4, 0.5) is 22.9 Å². The highest BCUT2D eigenvalue weighted by molar-refractivity contribution is 6.01. The lowest BCUT2D eigenvalue weighted by atomic mass is 9.97. The summed E-state index contributed by atoms with van der Waals surface area (Å²) in [6.45, 7) is 0.974. The number of amides is 3. The number of likely N-dealkylation sites (tertiary alicyclic amines) is 2. The standard InChI is InChI=1S/C35H39N11O3/c1-36-34(48)31-28(15-30(41-42-31)40-33(47)21-11-12-21)39-26-9-6-8-24-25-16-37-46(29(25)20-43(2)32(24)26)23-18-44(19-23)17-22-7-5-10-27(38-22)35(49)45-13-3-4-14-45/h5-10,15-16,21,23H,3-4,11-14,17-20H2,1-2H3,(H,36,48)(H2,39,40,41,47)/i17D2. The van der Waals surface area contributed by atoms with Crippen molar-refractivity contribution in [1.29, 1.82) is 0 Å². The molecule has 3 aromatic heterocycles. The maximum absolute atomic E-state index is 12.9. The van der Waals surface area contributed by atoms with E-state index in [4.69, 9.17) is 7.84 Å². The second-order valence-corrected chi connectivity index (χ2v) is 13.0. The molecule has 1 saturated carbocycles. The predicted molar refractivity (Wildman–Crippen MR) is 184 cm³/mol. The second-order valence-electron chi connectivity index (χ2n) is 13.0. The fraction of sp³-hybridized carbons (Fsp3) is 0.400. The van der Waals surface area contributed by atoms with Crippen molar-refractivity contribution in [1.82, 2.24) is 40.1 Å². The molecule has 8 rings (SSSR count). The van der Waals surface area contributed by atoms with Crippen molar-refractivity contribution >= 4 is 40.6 Å². The van der Waals surface area contributed by atoms with Gasteiger partial charge >= 0.3 is 0 Å². The number of para-hydroxylation sites is 1. The Morgan fingerprint density at radius 3 is 2.57 bits per heavy atom. The molecule has 0 spiro atoms. The van der Waals surface area contributed by atoms with E-state index in [1.54, 1.807) is 34.1 Å². The van der Waals surface area contributed by atoms with Crippen LogP contribution in [0.3, 0.4) is 0 Å². The highest BCUT2D eigenvalue weighted by Crippen LogP contribution is 2.45. The van der Waals surface area contributed by atoms with Crippen molar-refractivity contribution in [3.05, 3.63) is 71.4 Å². The number of hydrogen-bond acceptors (Lipinski definition) is 10. The molecule has 3 fully saturated rings. The van der Waals surface area contributed by atoms with Gasteiger partial charge in [-0.25, -0.2) is 4.98 Å². The number of carbonyl (C=O) groups excluding carboxylic acids is 3. The summed E-state index contributed by atoms with van der Waals surface area (Å²) in [5.74, 6) is -0.414. The minimum Gasteiger partial charge on any atom is -0.366 e. The van der Waals surface area contributed by atoms with E-state index in [9.17, 15) is 14.4 Å². The third-order valence-electron chi connectivity index (χ3n) is 9.54. The van der Waals surface area contributed by atoms with E-state index in [2.05, 4.69) is 36.0 Å². The number of hydrogen-bond donors (Lipinski definition) is 3. The zero-order valence-electron chi connectivity index (χ0n) is 29.4. The third kappa shape index (κ3) is 5.96. The summed E-state index contributed by atoms with van der Waals surface area (Å²) >= 11 is 0. The number of carbonyl (C=O) groups is 3. The number of anilines is 4. The van der Waals surface area contributed by atoms with Gasteiger partial charge < -0.3 is 25.8 Å². The van der Waals surface area contributed by atoms with Crippen molar-refractivity contribution < 1.29 is 17.1 Å². The molecule has 14 heteroatoms. The number of fused-ring (bicyclic) bond motifs is 3. The lowest BCUT2D eigenvalue weighted by molar-refractivity contribution is -0.117. The van der Waals surface area contributed by atoms with E-state index in [0.717, 1.165) is 53.9 Å². The van der Waals surface area contributed by atoms with Gasteiger partial charge in [0.05, 0.1) is 47.2 Å². The Labute approximate surface area is 286 Å². The number of benzene rings is 1. The normalized spacial score (nSPS) is 18.2. The molecule has 0 unspecified atom stereocenters. The molecule has 3 N–H and O–H groups in total. The van der Waals surface area contributed by atoms with Crippen LogP contribution in [0.5, 0.6) is 0 Å². The van der Waals surface area contributed by atoms with Gasteiger partial charge in [-0.3, -0.25) is 24.0 Å². The molecular weight excluding hydrogens is 622 g/mol. The molecule has 3 aliphatic heterocycles. The minimum atomic E-state index is -1.86. The topological polar surface area (TPSA) is 154 Å². The largest absolute Gasteiger partial charge is 0.366 e. The monoisotopic (exact) mass is 663 g/mol. The van der Waals surface area contributed by atoms with Crippen molar-refractivity contribution in [2.75, 3.05) is 55.8 Å². The van der Waals surface area contributed by atoms with Gasteiger partial charge in [0.1, 0.15) is 5.69 Å².